The van der Waals surface area contributed by atoms with Gasteiger partial charge in [-0.2, -0.15) is 0 Å². The minimum atomic E-state index is -1.13. The Hall–Kier alpha value is -2.08. The first-order chi connectivity index (χ1) is 8.54. The van der Waals surface area contributed by atoms with E-state index in [0.717, 1.165) is 16.7 Å². The monoisotopic (exact) mass is 250 g/mol. The summed E-state index contributed by atoms with van der Waals surface area (Å²) in [4.78, 5) is 22.1. The number of ether oxygens (including phenoxy) is 1. The minimum Gasteiger partial charge on any atom is -0.465 e. The van der Waals surface area contributed by atoms with Crippen molar-refractivity contribution in [3.63, 3.8) is 0 Å². The van der Waals surface area contributed by atoms with Crippen LogP contribution in [-0.2, 0) is 11.3 Å². The predicted octanol–water partition coefficient (Wildman–Crippen LogP) is 0.933. The summed E-state index contributed by atoms with van der Waals surface area (Å²) in [6.45, 7) is 2.22. The van der Waals surface area contributed by atoms with Crippen molar-refractivity contribution in [2.45, 2.75) is 19.6 Å². The standard InChI is InChI=1S/C12H14N2O4/c1-6-7(10(4-13)14-12(16)17)2-3-8-9(6)5-18-11(8)15/h2-3,10,14H,4-5,13H2,1H3,(H,16,17). The number of hydrogen-bond acceptors (Lipinski definition) is 4. The molecule has 0 saturated heterocycles. The summed E-state index contributed by atoms with van der Waals surface area (Å²) in [5.74, 6) is -0.338. The molecule has 6 nitrogen and oxygen atoms in total. The van der Waals surface area contributed by atoms with Gasteiger partial charge in [-0.25, -0.2) is 9.59 Å². The molecule has 96 valence electrons. The lowest BCUT2D eigenvalue weighted by Crippen LogP contribution is -2.32. The van der Waals surface area contributed by atoms with E-state index in [1.54, 1.807) is 12.1 Å². The van der Waals surface area contributed by atoms with Gasteiger partial charge in [-0.3, -0.25) is 0 Å². The summed E-state index contributed by atoms with van der Waals surface area (Å²) in [6.07, 6.45) is -1.13. The number of esters is 1. The van der Waals surface area contributed by atoms with Crippen molar-refractivity contribution in [1.82, 2.24) is 5.32 Å². The Morgan fingerprint density at radius 2 is 2.33 bits per heavy atom. The third-order valence-electron chi connectivity index (χ3n) is 3.12. The lowest BCUT2D eigenvalue weighted by Gasteiger charge is -2.18. The van der Waals surface area contributed by atoms with E-state index in [1.807, 2.05) is 6.92 Å². The lowest BCUT2D eigenvalue weighted by atomic mass is 9.94. The van der Waals surface area contributed by atoms with Gasteiger partial charge in [0, 0.05) is 12.1 Å². The smallest absolute Gasteiger partial charge is 0.405 e. The van der Waals surface area contributed by atoms with Gasteiger partial charge in [0.1, 0.15) is 6.61 Å². The zero-order valence-electron chi connectivity index (χ0n) is 9.90. The van der Waals surface area contributed by atoms with E-state index in [9.17, 15) is 9.59 Å². The van der Waals surface area contributed by atoms with Gasteiger partial charge < -0.3 is 20.9 Å². The van der Waals surface area contributed by atoms with Gasteiger partial charge in [-0.15, -0.1) is 0 Å². The summed E-state index contributed by atoms with van der Waals surface area (Å²) in [5.41, 5.74) is 8.55. The molecule has 1 amide bonds. The van der Waals surface area contributed by atoms with Crippen LogP contribution >= 0.6 is 0 Å². The molecule has 4 N–H and O–H groups in total. The van der Waals surface area contributed by atoms with E-state index in [4.69, 9.17) is 15.6 Å². The highest BCUT2D eigenvalue weighted by molar-refractivity contribution is 5.94. The van der Waals surface area contributed by atoms with Crippen molar-refractivity contribution >= 4 is 12.1 Å². The van der Waals surface area contributed by atoms with Gasteiger partial charge >= 0.3 is 12.1 Å². The highest BCUT2D eigenvalue weighted by atomic mass is 16.5. The van der Waals surface area contributed by atoms with Crippen LogP contribution in [0.2, 0.25) is 0 Å². The fourth-order valence-electron chi connectivity index (χ4n) is 2.16. The van der Waals surface area contributed by atoms with Crippen molar-refractivity contribution in [2.75, 3.05) is 6.54 Å². The van der Waals surface area contributed by atoms with Gasteiger partial charge in [0.2, 0.25) is 0 Å². The van der Waals surface area contributed by atoms with Crippen LogP contribution in [0.3, 0.4) is 0 Å². The molecule has 0 aliphatic carbocycles. The van der Waals surface area contributed by atoms with Crippen LogP contribution in [0.15, 0.2) is 12.1 Å². The summed E-state index contributed by atoms with van der Waals surface area (Å²) in [5, 5.41) is 11.1. The molecule has 0 fully saturated rings. The molecule has 1 aromatic rings. The largest absolute Gasteiger partial charge is 0.465 e. The molecule has 0 radical (unpaired) electrons. The van der Waals surface area contributed by atoms with Crippen LogP contribution in [0, 0.1) is 6.92 Å². The van der Waals surface area contributed by atoms with Gasteiger partial charge in [0.05, 0.1) is 11.6 Å². The van der Waals surface area contributed by atoms with E-state index in [-0.39, 0.29) is 19.1 Å². The molecule has 1 atom stereocenters. The van der Waals surface area contributed by atoms with E-state index < -0.39 is 12.1 Å². The van der Waals surface area contributed by atoms with Crippen molar-refractivity contribution in [3.05, 3.63) is 34.4 Å². The maximum Gasteiger partial charge on any atom is 0.405 e. The number of carboxylic acid groups (broad SMARTS) is 1. The molecule has 1 unspecified atom stereocenters. The Bertz CT molecular complexity index is 513. The highest BCUT2D eigenvalue weighted by Gasteiger charge is 2.26. The number of nitrogens with two attached hydrogens (primary N) is 1. The van der Waals surface area contributed by atoms with Crippen LogP contribution < -0.4 is 11.1 Å². The molecule has 0 saturated carbocycles. The van der Waals surface area contributed by atoms with Crippen molar-refractivity contribution < 1.29 is 19.4 Å². The van der Waals surface area contributed by atoms with E-state index in [1.165, 1.54) is 0 Å². The lowest BCUT2D eigenvalue weighted by molar-refractivity contribution is 0.0535. The van der Waals surface area contributed by atoms with E-state index in [0.29, 0.717) is 5.56 Å². The average Bonchev–Trinajstić information content (AvgIpc) is 2.70. The number of cyclic esters (lactones) is 1. The molecule has 1 aliphatic heterocycles. The number of rotatable bonds is 3. The van der Waals surface area contributed by atoms with Crippen molar-refractivity contribution in [3.8, 4) is 0 Å². The zero-order chi connectivity index (χ0) is 13.3. The molecule has 1 heterocycles. The number of amides is 1. The number of hydrogen-bond donors (Lipinski definition) is 3. The third kappa shape index (κ3) is 2.02. The quantitative estimate of drug-likeness (QED) is 0.693. The number of carbonyl (C=O) groups is 2. The molecular weight excluding hydrogens is 236 g/mol. The SMILES string of the molecule is Cc1c(C(CN)NC(=O)O)ccc2c1COC2=O. The first-order valence-electron chi connectivity index (χ1n) is 5.53. The Morgan fingerprint density at radius 1 is 1.61 bits per heavy atom. The molecule has 6 heteroatoms. The Kier molecular flexibility index (Phi) is 3.20. The fraction of sp³-hybridized carbons (Fsp3) is 0.333. The Morgan fingerprint density at radius 3 is 2.94 bits per heavy atom. The number of fused-ring (bicyclic) bond motifs is 1. The maximum atomic E-state index is 11.4. The second-order valence-corrected chi connectivity index (χ2v) is 4.12. The summed E-state index contributed by atoms with van der Waals surface area (Å²) >= 11 is 0. The number of benzene rings is 1. The second kappa shape index (κ2) is 4.66. The molecule has 2 rings (SSSR count). The van der Waals surface area contributed by atoms with Crippen LogP contribution in [0.1, 0.15) is 33.1 Å². The highest BCUT2D eigenvalue weighted by Crippen LogP contribution is 2.28. The number of nitrogens with one attached hydrogen (secondary N) is 1. The summed E-state index contributed by atoms with van der Waals surface area (Å²) < 4.78 is 4.95. The zero-order valence-corrected chi connectivity index (χ0v) is 9.90. The Balaban J connectivity index is 2.40. The molecule has 0 bridgehead atoms. The predicted molar refractivity (Wildman–Crippen MR) is 63.3 cm³/mol. The van der Waals surface area contributed by atoms with Gasteiger partial charge in [0.25, 0.3) is 0 Å². The normalized spacial score (nSPS) is 14.9. The maximum absolute atomic E-state index is 11.4. The number of carbonyl (C=O) groups excluding carboxylic acids is 1. The van der Waals surface area contributed by atoms with Gasteiger partial charge in [0.15, 0.2) is 0 Å². The molecule has 18 heavy (non-hydrogen) atoms. The van der Waals surface area contributed by atoms with Crippen LogP contribution in [0.25, 0.3) is 0 Å². The summed E-state index contributed by atoms with van der Waals surface area (Å²) in [6, 6.07) is 2.89. The van der Waals surface area contributed by atoms with Crippen molar-refractivity contribution in [1.29, 1.82) is 0 Å². The van der Waals surface area contributed by atoms with Crippen molar-refractivity contribution in [2.24, 2.45) is 5.73 Å². The second-order valence-electron chi connectivity index (χ2n) is 4.12. The van der Waals surface area contributed by atoms with E-state index >= 15 is 0 Å². The average molecular weight is 250 g/mol. The minimum absolute atomic E-state index is 0.154. The molecule has 0 aromatic heterocycles. The third-order valence-corrected chi connectivity index (χ3v) is 3.12. The summed E-state index contributed by atoms with van der Waals surface area (Å²) in [7, 11) is 0. The van der Waals surface area contributed by atoms with Crippen LogP contribution in [-0.4, -0.2) is 23.7 Å². The molecular formula is C12H14N2O4. The van der Waals surface area contributed by atoms with Crippen LogP contribution in [0.5, 0.6) is 0 Å². The van der Waals surface area contributed by atoms with Gasteiger partial charge in [-0.1, -0.05) is 6.07 Å². The molecule has 1 aliphatic rings. The van der Waals surface area contributed by atoms with E-state index in [2.05, 4.69) is 5.32 Å². The fourth-order valence-corrected chi connectivity index (χ4v) is 2.16. The molecule has 1 aromatic carbocycles. The topological polar surface area (TPSA) is 102 Å². The molecule has 0 spiro atoms. The van der Waals surface area contributed by atoms with Gasteiger partial charge in [-0.05, 0) is 24.1 Å². The van der Waals surface area contributed by atoms with Crippen LogP contribution in [0.4, 0.5) is 4.79 Å². The Labute approximate surface area is 104 Å². The first kappa shape index (κ1) is 12.4. The first-order valence-corrected chi connectivity index (χ1v) is 5.53.